The van der Waals surface area contributed by atoms with Gasteiger partial charge in [0.15, 0.2) is 0 Å². The van der Waals surface area contributed by atoms with E-state index in [1.807, 2.05) is 0 Å². The SMILES string of the molecule is CN(CCNC(=O)C1(CCO)CC12CCOCC2)C1CCCCC1. The van der Waals surface area contributed by atoms with Gasteiger partial charge in [0.05, 0.1) is 5.41 Å². The van der Waals surface area contributed by atoms with Gasteiger partial charge in [0.2, 0.25) is 5.91 Å². The van der Waals surface area contributed by atoms with E-state index in [2.05, 4.69) is 17.3 Å². The molecule has 5 heteroatoms. The van der Waals surface area contributed by atoms with Crippen LogP contribution in [0, 0.1) is 10.8 Å². The first kappa shape index (κ1) is 18.2. The summed E-state index contributed by atoms with van der Waals surface area (Å²) in [6, 6.07) is 0.685. The maximum Gasteiger partial charge on any atom is 0.226 e. The Bertz CT molecular complexity index is 430. The summed E-state index contributed by atoms with van der Waals surface area (Å²) in [5.74, 6) is 0.162. The Kier molecular flexibility index (Phi) is 5.83. The Labute approximate surface area is 146 Å². The third-order valence-corrected chi connectivity index (χ3v) is 6.90. The summed E-state index contributed by atoms with van der Waals surface area (Å²) in [5.41, 5.74) is -0.248. The Balaban J connectivity index is 1.48. The molecule has 2 N–H and O–H groups in total. The van der Waals surface area contributed by atoms with Crippen molar-refractivity contribution in [2.45, 2.75) is 63.8 Å². The molecule has 0 aromatic rings. The number of carbonyl (C=O) groups is 1. The molecule has 1 spiro atoms. The minimum absolute atomic E-state index is 0.0906. The Hall–Kier alpha value is -0.650. The van der Waals surface area contributed by atoms with Crippen LogP contribution in [-0.4, -0.2) is 61.9 Å². The second-order valence-corrected chi connectivity index (χ2v) is 8.15. The average molecular weight is 338 g/mol. The molecule has 0 radical (unpaired) electrons. The van der Waals surface area contributed by atoms with Crippen LogP contribution in [-0.2, 0) is 9.53 Å². The second-order valence-electron chi connectivity index (χ2n) is 8.15. The van der Waals surface area contributed by atoms with Gasteiger partial charge in [-0.25, -0.2) is 0 Å². The number of hydrogen-bond donors (Lipinski definition) is 2. The highest BCUT2D eigenvalue weighted by Crippen LogP contribution is 2.70. The van der Waals surface area contributed by atoms with E-state index in [1.165, 1.54) is 32.1 Å². The van der Waals surface area contributed by atoms with Gasteiger partial charge in [0, 0.05) is 39.0 Å². The number of amides is 1. The van der Waals surface area contributed by atoms with Gasteiger partial charge < -0.3 is 20.1 Å². The molecule has 3 aliphatic rings. The lowest BCUT2D eigenvalue weighted by atomic mass is 9.83. The van der Waals surface area contributed by atoms with E-state index in [-0.39, 0.29) is 23.3 Å². The molecule has 138 valence electrons. The molecule has 0 aromatic carbocycles. The van der Waals surface area contributed by atoms with E-state index in [9.17, 15) is 9.90 Å². The van der Waals surface area contributed by atoms with Crippen molar-refractivity contribution < 1.29 is 14.6 Å². The van der Waals surface area contributed by atoms with Crippen molar-refractivity contribution in [3.8, 4) is 0 Å². The van der Waals surface area contributed by atoms with Crippen molar-refractivity contribution in [2.24, 2.45) is 10.8 Å². The van der Waals surface area contributed by atoms with E-state index >= 15 is 0 Å². The van der Waals surface area contributed by atoms with Crippen LogP contribution in [0.3, 0.4) is 0 Å². The molecule has 3 rings (SSSR count). The van der Waals surface area contributed by atoms with Crippen molar-refractivity contribution in [2.75, 3.05) is 40.0 Å². The van der Waals surface area contributed by atoms with Crippen molar-refractivity contribution in [3.05, 3.63) is 0 Å². The number of aliphatic hydroxyl groups excluding tert-OH is 1. The molecular weight excluding hydrogens is 304 g/mol. The lowest BCUT2D eigenvalue weighted by molar-refractivity contribution is -0.129. The van der Waals surface area contributed by atoms with Crippen molar-refractivity contribution in [1.82, 2.24) is 10.2 Å². The molecule has 1 aliphatic heterocycles. The number of carbonyl (C=O) groups excluding carboxylic acids is 1. The predicted octanol–water partition coefficient (Wildman–Crippen LogP) is 1.94. The Morgan fingerprint density at radius 1 is 1.25 bits per heavy atom. The lowest BCUT2D eigenvalue weighted by Gasteiger charge is -2.32. The first-order valence-corrected chi connectivity index (χ1v) is 9.81. The van der Waals surface area contributed by atoms with Gasteiger partial charge in [-0.2, -0.15) is 0 Å². The van der Waals surface area contributed by atoms with Gasteiger partial charge in [-0.05, 0) is 51.0 Å². The molecule has 1 unspecified atom stereocenters. The molecule has 2 aliphatic carbocycles. The number of nitrogens with zero attached hydrogens (tertiary/aromatic N) is 1. The van der Waals surface area contributed by atoms with Crippen LogP contribution in [0.5, 0.6) is 0 Å². The van der Waals surface area contributed by atoms with E-state index < -0.39 is 0 Å². The van der Waals surface area contributed by atoms with Crippen molar-refractivity contribution in [3.63, 3.8) is 0 Å². The molecule has 3 fully saturated rings. The molecule has 1 amide bonds. The zero-order valence-electron chi connectivity index (χ0n) is 15.2. The standard InChI is InChI=1S/C19H34N2O3/c1-21(16-5-3-2-4-6-16)11-10-20-17(23)19(7-12-22)15-18(19)8-13-24-14-9-18/h16,22H,2-15H2,1H3,(H,20,23). The second kappa shape index (κ2) is 7.71. The Morgan fingerprint density at radius 2 is 1.96 bits per heavy atom. The van der Waals surface area contributed by atoms with Gasteiger partial charge in [-0.3, -0.25) is 4.79 Å². The summed E-state index contributed by atoms with van der Waals surface area (Å²) in [6.45, 7) is 3.24. The third kappa shape index (κ3) is 3.49. The van der Waals surface area contributed by atoms with E-state index in [0.717, 1.165) is 39.0 Å². The van der Waals surface area contributed by atoms with Crippen LogP contribution >= 0.6 is 0 Å². The first-order chi connectivity index (χ1) is 11.6. The van der Waals surface area contributed by atoms with Crippen LogP contribution in [0.2, 0.25) is 0 Å². The number of ether oxygens (including phenoxy) is 1. The molecular formula is C19H34N2O3. The van der Waals surface area contributed by atoms with Crippen LogP contribution in [0.4, 0.5) is 0 Å². The number of hydrogen-bond acceptors (Lipinski definition) is 4. The zero-order valence-corrected chi connectivity index (χ0v) is 15.2. The number of nitrogens with one attached hydrogen (secondary N) is 1. The Morgan fingerprint density at radius 3 is 2.62 bits per heavy atom. The van der Waals surface area contributed by atoms with Crippen molar-refractivity contribution >= 4 is 5.91 Å². The lowest BCUT2D eigenvalue weighted by Crippen LogP contribution is -2.43. The largest absolute Gasteiger partial charge is 0.396 e. The quantitative estimate of drug-likeness (QED) is 0.745. The summed E-state index contributed by atoms with van der Waals surface area (Å²) in [4.78, 5) is 15.3. The highest BCUT2D eigenvalue weighted by atomic mass is 16.5. The van der Waals surface area contributed by atoms with Crippen LogP contribution in [0.15, 0.2) is 0 Å². The first-order valence-electron chi connectivity index (χ1n) is 9.81. The van der Waals surface area contributed by atoms with E-state index in [4.69, 9.17) is 4.74 Å². The summed E-state index contributed by atoms with van der Waals surface area (Å²) in [7, 11) is 2.18. The van der Waals surface area contributed by atoms with E-state index in [1.54, 1.807) is 0 Å². The van der Waals surface area contributed by atoms with Gasteiger partial charge in [-0.15, -0.1) is 0 Å². The highest BCUT2D eigenvalue weighted by molar-refractivity contribution is 5.87. The minimum Gasteiger partial charge on any atom is -0.396 e. The normalized spacial score (nSPS) is 29.8. The molecule has 5 nitrogen and oxygen atoms in total. The molecule has 2 saturated carbocycles. The van der Waals surface area contributed by atoms with Crippen LogP contribution in [0.25, 0.3) is 0 Å². The van der Waals surface area contributed by atoms with Gasteiger partial charge in [0.25, 0.3) is 0 Å². The molecule has 1 heterocycles. The molecule has 24 heavy (non-hydrogen) atoms. The fourth-order valence-corrected chi connectivity index (χ4v) is 5.15. The zero-order chi connectivity index (χ0) is 17.0. The number of rotatable bonds is 7. The summed E-state index contributed by atoms with van der Waals surface area (Å²) in [6.07, 6.45) is 10.1. The highest BCUT2D eigenvalue weighted by Gasteiger charge is 2.70. The fraction of sp³-hybridized carbons (Fsp3) is 0.947. The van der Waals surface area contributed by atoms with Crippen LogP contribution in [0.1, 0.15) is 57.8 Å². The summed E-state index contributed by atoms with van der Waals surface area (Å²) < 4.78 is 5.48. The minimum atomic E-state index is -0.338. The maximum absolute atomic E-state index is 12.9. The number of likely N-dealkylation sites (N-methyl/N-ethyl adjacent to an activating group) is 1. The molecule has 1 atom stereocenters. The maximum atomic E-state index is 12.9. The topological polar surface area (TPSA) is 61.8 Å². The van der Waals surface area contributed by atoms with Gasteiger partial charge >= 0.3 is 0 Å². The monoisotopic (exact) mass is 338 g/mol. The van der Waals surface area contributed by atoms with Gasteiger partial charge in [-0.1, -0.05) is 19.3 Å². The molecule has 1 saturated heterocycles. The molecule has 0 aromatic heterocycles. The number of aliphatic hydroxyl groups is 1. The average Bonchev–Trinajstić information content (AvgIpc) is 3.23. The van der Waals surface area contributed by atoms with Crippen LogP contribution < -0.4 is 5.32 Å². The predicted molar refractivity (Wildman–Crippen MR) is 93.8 cm³/mol. The summed E-state index contributed by atoms with van der Waals surface area (Å²) in [5, 5.41) is 12.6. The van der Waals surface area contributed by atoms with Crippen molar-refractivity contribution in [1.29, 1.82) is 0 Å². The molecule has 0 bridgehead atoms. The van der Waals surface area contributed by atoms with Gasteiger partial charge in [0.1, 0.15) is 0 Å². The smallest absolute Gasteiger partial charge is 0.226 e. The third-order valence-electron chi connectivity index (χ3n) is 6.90. The van der Waals surface area contributed by atoms with E-state index in [0.29, 0.717) is 19.0 Å². The fourth-order valence-electron chi connectivity index (χ4n) is 5.15. The summed E-state index contributed by atoms with van der Waals surface area (Å²) >= 11 is 0.